The molecule has 4 rings (SSSR count). The summed E-state index contributed by atoms with van der Waals surface area (Å²) in [6, 6.07) is 2.74. The maximum Gasteiger partial charge on any atom is 0.356 e. The summed E-state index contributed by atoms with van der Waals surface area (Å²) in [6.07, 6.45) is 5.41. The van der Waals surface area contributed by atoms with Gasteiger partial charge >= 0.3 is 5.97 Å². The number of carbonyl (C=O) groups excluding carboxylic acids is 3. The third-order valence-electron chi connectivity index (χ3n) is 9.15. The number of hydrogen-bond donors (Lipinski definition) is 1. The summed E-state index contributed by atoms with van der Waals surface area (Å²) >= 11 is 1.20. The molecule has 1 N–H and O–H groups in total. The van der Waals surface area contributed by atoms with Crippen LogP contribution in [0.2, 0.25) is 18.1 Å². The molecule has 0 saturated carbocycles. The first kappa shape index (κ1) is 35.6. The number of methoxy groups -OCH3 is 2. The fourth-order valence-corrected chi connectivity index (χ4v) is 8.22. The molecule has 1 aliphatic rings. The number of carbonyl (C=O) groups is 3. The Morgan fingerprint density at radius 2 is 1.89 bits per heavy atom. The molecule has 14 heteroatoms. The summed E-state index contributed by atoms with van der Waals surface area (Å²) in [5.41, 5.74) is 1.06. The summed E-state index contributed by atoms with van der Waals surface area (Å²) in [4.78, 5) is 51.2. The molecule has 1 unspecified atom stereocenters. The van der Waals surface area contributed by atoms with Gasteiger partial charge in [-0.2, -0.15) is 0 Å². The van der Waals surface area contributed by atoms with Gasteiger partial charge in [0.2, 0.25) is 17.9 Å². The van der Waals surface area contributed by atoms with Gasteiger partial charge in [-0.15, -0.1) is 11.3 Å². The molecule has 4 heterocycles. The van der Waals surface area contributed by atoms with Crippen molar-refractivity contribution in [2.75, 3.05) is 20.8 Å². The molecule has 3 aromatic heterocycles. The summed E-state index contributed by atoms with van der Waals surface area (Å²) in [6.45, 7) is 17.4. The van der Waals surface area contributed by atoms with Gasteiger partial charge in [-0.05, 0) is 31.1 Å². The van der Waals surface area contributed by atoms with E-state index >= 15 is 0 Å². The number of pyridine rings is 1. The quantitative estimate of drug-likeness (QED) is 0.0655. The molecule has 46 heavy (non-hydrogen) atoms. The molecule has 0 aromatic carbocycles. The first-order valence-electron chi connectivity index (χ1n) is 15.0. The third kappa shape index (κ3) is 6.21. The molecule has 0 bridgehead atoms. The van der Waals surface area contributed by atoms with E-state index in [-0.39, 0.29) is 17.4 Å². The van der Waals surface area contributed by atoms with Gasteiger partial charge in [-0.25, -0.2) is 9.78 Å². The average molecular weight is 673 g/mol. The van der Waals surface area contributed by atoms with Gasteiger partial charge < -0.3 is 28.6 Å². The summed E-state index contributed by atoms with van der Waals surface area (Å²) in [7, 11) is 0.691. The van der Waals surface area contributed by atoms with E-state index in [9.17, 15) is 19.5 Å². The smallest absolute Gasteiger partial charge is 0.356 e. The summed E-state index contributed by atoms with van der Waals surface area (Å²) in [5, 5.41) is 10.8. The maximum absolute atomic E-state index is 14.2. The lowest BCUT2D eigenvalue weighted by Gasteiger charge is -2.53. The maximum atomic E-state index is 14.2. The van der Waals surface area contributed by atoms with E-state index in [4.69, 9.17) is 18.6 Å². The zero-order chi connectivity index (χ0) is 34.2. The van der Waals surface area contributed by atoms with Crippen molar-refractivity contribution in [3.05, 3.63) is 65.8 Å². The van der Waals surface area contributed by atoms with Crippen LogP contribution in [0, 0.1) is 11.8 Å². The van der Waals surface area contributed by atoms with E-state index in [1.807, 2.05) is 13.0 Å². The number of aliphatic hydroxyl groups is 1. The van der Waals surface area contributed by atoms with Crippen LogP contribution in [0.25, 0.3) is 4.83 Å². The van der Waals surface area contributed by atoms with Gasteiger partial charge in [0.1, 0.15) is 23.5 Å². The number of nitrogens with zero attached hydrogens (tertiary/aromatic N) is 4. The second kappa shape index (κ2) is 13.5. The van der Waals surface area contributed by atoms with Crippen LogP contribution < -0.4 is 0 Å². The van der Waals surface area contributed by atoms with Crippen LogP contribution in [0.1, 0.15) is 55.5 Å². The lowest BCUT2D eigenvalue weighted by Crippen LogP contribution is -2.72. The van der Waals surface area contributed by atoms with Gasteiger partial charge in [-0.1, -0.05) is 46.4 Å². The van der Waals surface area contributed by atoms with Crippen LogP contribution >= 0.6 is 11.3 Å². The minimum atomic E-state index is -2.32. The van der Waals surface area contributed by atoms with Crippen molar-refractivity contribution in [3.8, 4) is 0 Å². The molecule has 1 fully saturated rings. The number of ether oxygens (including phenoxy) is 3. The van der Waals surface area contributed by atoms with Crippen molar-refractivity contribution in [2.24, 2.45) is 11.8 Å². The number of hydrogen-bond acceptors (Lipinski definition) is 11. The SMILES string of the molecule is C=CCOC(=O)C(O)N1C(=O)[C@H]([C@@H](C)O[Si](C)(C)C(C)(C)C)[C@H]1[C@@H](C)C(=O)c1cn2cnc(C(OC)(OC)c3cccnc3)c2s1. The molecule has 1 aliphatic heterocycles. The highest BCUT2D eigenvalue weighted by molar-refractivity contribution is 7.19. The number of esters is 1. The lowest BCUT2D eigenvalue weighted by atomic mass is 9.74. The zero-order valence-corrected chi connectivity index (χ0v) is 29.7. The van der Waals surface area contributed by atoms with E-state index in [0.717, 1.165) is 4.90 Å². The Morgan fingerprint density at radius 3 is 2.46 bits per heavy atom. The average Bonchev–Trinajstić information content (AvgIpc) is 3.60. The van der Waals surface area contributed by atoms with Crippen molar-refractivity contribution in [2.45, 2.75) is 76.9 Å². The standard InChI is InChI=1S/C32H44N4O8SSi/c1-11-15-43-30(40)28(39)36-24(23(27(36)38)20(3)44-46(9,10)31(4,5)6)19(2)25(37)22-17-35-18-34-26(29(35)45-22)32(41-7,42-8)21-13-12-14-33-16-21/h11-14,16-20,23-24,28,39H,1,15H2,2-10H3/t19-,20-,23-,24-,28?/m1/s1. The minimum Gasteiger partial charge on any atom is -0.458 e. The Morgan fingerprint density at radius 1 is 1.22 bits per heavy atom. The molecule has 5 atom stereocenters. The van der Waals surface area contributed by atoms with Gasteiger partial charge in [0.25, 0.3) is 0 Å². The summed E-state index contributed by atoms with van der Waals surface area (Å²) in [5.74, 6) is -4.72. The molecule has 1 amide bonds. The first-order valence-corrected chi connectivity index (χ1v) is 18.8. The van der Waals surface area contributed by atoms with Crippen LogP contribution in [0.5, 0.6) is 0 Å². The Bertz CT molecular complexity index is 1580. The monoisotopic (exact) mass is 672 g/mol. The van der Waals surface area contributed by atoms with E-state index in [1.165, 1.54) is 31.6 Å². The predicted octanol–water partition coefficient (Wildman–Crippen LogP) is 4.39. The van der Waals surface area contributed by atoms with E-state index in [0.29, 0.717) is 21.0 Å². The third-order valence-corrected chi connectivity index (χ3v) is 14.8. The molecule has 0 aliphatic carbocycles. The molecule has 12 nitrogen and oxygen atoms in total. The lowest BCUT2D eigenvalue weighted by molar-refractivity contribution is -0.198. The number of ketones is 1. The second-order valence-corrected chi connectivity index (χ2v) is 18.7. The summed E-state index contributed by atoms with van der Waals surface area (Å²) < 4.78 is 25.1. The molecular weight excluding hydrogens is 629 g/mol. The molecule has 0 spiro atoms. The van der Waals surface area contributed by atoms with Gasteiger partial charge in [0, 0.05) is 44.3 Å². The Hall–Kier alpha value is -3.27. The fraction of sp³-hybridized carbons (Fsp3) is 0.531. The number of imidazole rings is 1. The Kier molecular flexibility index (Phi) is 10.4. The van der Waals surface area contributed by atoms with Crippen LogP contribution in [0.15, 0.2) is 49.7 Å². The van der Waals surface area contributed by atoms with E-state index in [1.54, 1.807) is 42.3 Å². The van der Waals surface area contributed by atoms with E-state index < -0.39 is 56.2 Å². The number of likely N-dealkylation sites (tertiary alicyclic amines) is 1. The highest BCUT2D eigenvalue weighted by atomic mass is 32.1. The number of β-lactam (4-membered cyclic amide) rings is 1. The van der Waals surface area contributed by atoms with Crippen LogP contribution in [0.3, 0.4) is 0 Å². The number of fused-ring (bicyclic) bond motifs is 1. The number of aromatic nitrogens is 3. The van der Waals surface area contributed by atoms with Crippen molar-refractivity contribution in [1.29, 1.82) is 0 Å². The highest BCUT2D eigenvalue weighted by Gasteiger charge is 2.59. The minimum absolute atomic E-state index is 0.126. The Labute approximate surface area is 274 Å². The fourth-order valence-electron chi connectivity index (χ4n) is 5.64. The van der Waals surface area contributed by atoms with Crippen molar-refractivity contribution < 1.29 is 38.1 Å². The van der Waals surface area contributed by atoms with Crippen molar-refractivity contribution >= 4 is 42.1 Å². The van der Waals surface area contributed by atoms with Gasteiger partial charge in [0.15, 0.2) is 14.1 Å². The normalized spacial score (nSPS) is 19.4. The highest BCUT2D eigenvalue weighted by Crippen LogP contribution is 2.44. The Balaban J connectivity index is 1.70. The van der Waals surface area contributed by atoms with Crippen molar-refractivity contribution in [3.63, 3.8) is 0 Å². The number of amides is 1. The van der Waals surface area contributed by atoms with Crippen molar-refractivity contribution in [1.82, 2.24) is 19.3 Å². The van der Waals surface area contributed by atoms with Gasteiger partial charge in [0.05, 0.1) is 22.9 Å². The molecular formula is C32H44N4O8SSi. The molecule has 3 aromatic rings. The second-order valence-electron chi connectivity index (χ2n) is 13.0. The number of thiazole rings is 1. The number of Topliss-reactive ketones (excluding diaryl/α,β-unsaturated/α-hetero) is 1. The molecule has 1 saturated heterocycles. The predicted molar refractivity (Wildman–Crippen MR) is 175 cm³/mol. The van der Waals surface area contributed by atoms with Crippen LogP contribution in [-0.4, -0.2) is 89.6 Å². The van der Waals surface area contributed by atoms with Gasteiger partial charge in [-0.3, -0.25) is 19.0 Å². The number of aliphatic hydroxyl groups excluding tert-OH is 1. The van der Waals surface area contributed by atoms with E-state index in [2.05, 4.69) is 50.4 Å². The van der Waals surface area contributed by atoms with Crippen LogP contribution in [-0.2, 0) is 34.0 Å². The largest absolute Gasteiger partial charge is 0.458 e. The molecule has 250 valence electrons. The molecule has 0 radical (unpaired) electrons. The first-order chi connectivity index (χ1) is 21.6. The zero-order valence-electron chi connectivity index (χ0n) is 27.8. The van der Waals surface area contributed by atoms with Crippen LogP contribution in [0.4, 0.5) is 0 Å². The number of rotatable bonds is 14. The topological polar surface area (TPSA) is 142 Å².